The van der Waals surface area contributed by atoms with Gasteiger partial charge in [-0.25, -0.2) is 0 Å². The normalized spacial score (nSPS) is 43.3. The van der Waals surface area contributed by atoms with E-state index in [4.69, 9.17) is 16.3 Å². The molecule has 3 aliphatic rings. The summed E-state index contributed by atoms with van der Waals surface area (Å²) in [4.78, 5) is 13.0. The molecule has 4 atom stereocenters. The van der Waals surface area contributed by atoms with Gasteiger partial charge < -0.3 is 10.1 Å². The molecule has 0 aromatic heterocycles. The smallest absolute Gasteiger partial charge is 0.257 e. The lowest BCUT2D eigenvalue weighted by Gasteiger charge is -2.40. The van der Waals surface area contributed by atoms with E-state index >= 15 is 0 Å². The molecular weight excluding hydrogens is 286 g/mol. The van der Waals surface area contributed by atoms with Crippen LogP contribution in [0.3, 0.4) is 0 Å². The van der Waals surface area contributed by atoms with Gasteiger partial charge in [0.05, 0.1) is 6.61 Å². The summed E-state index contributed by atoms with van der Waals surface area (Å²) in [5.41, 5.74) is 0.185. The Balaban J connectivity index is 1.66. The lowest BCUT2D eigenvalue weighted by Crippen LogP contribution is -2.52. The Bertz CT molecular complexity index is 633. The summed E-state index contributed by atoms with van der Waals surface area (Å²) >= 11 is 5.99. The van der Waals surface area contributed by atoms with Crippen LogP contribution in [0.15, 0.2) is 24.3 Å². The van der Waals surface area contributed by atoms with Crippen LogP contribution in [0.2, 0.25) is 5.02 Å². The average Bonchev–Trinajstić information content (AvgIpc) is 2.91. The Morgan fingerprint density at radius 2 is 2.24 bits per heavy atom. The molecule has 4 bridgehead atoms. The molecule has 3 nitrogen and oxygen atoms in total. The maximum Gasteiger partial charge on any atom is 0.257 e. The van der Waals surface area contributed by atoms with E-state index in [0.717, 1.165) is 18.5 Å². The van der Waals surface area contributed by atoms with Crippen LogP contribution in [-0.2, 0) is 9.53 Å². The molecular formula is C17H20ClNO2. The maximum absolute atomic E-state index is 13.0. The molecule has 21 heavy (non-hydrogen) atoms. The largest absolute Gasteiger partial charge is 0.364 e. The standard InChI is InChI=1S/C17H20ClNO2/c1-15-10-21-17(9-11(15)6-7-16(15,17)2)14(20)19-13-5-3-4-12(18)8-13/h3-5,8,11H,6-7,9-10H2,1-2H3,(H,19,20)/t11-,15-,16+,17-/m0/s1. The minimum absolute atomic E-state index is 0.00167. The lowest BCUT2D eigenvalue weighted by atomic mass is 9.66. The van der Waals surface area contributed by atoms with Crippen LogP contribution in [0, 0.1) is 16.7 Å². The first-order valence-electron chi connectivity index (χ1n) is 7.62. The van der Waals surface area contributed by atoms with Gasteiger partial charge in [0, 0.05) is 21.5 Å². The third-order valence-electron chi connectivity index (χ3n) is 6.65. The van der Waals surface area contributed by atoms with E-state index in [0.29, 0.717) is 17.5 Å². The van der Waals surface area contributed by atoms with Crippen LogP contribution in [-0.4, -0.2) is 18.1 Å². The summed E-state index contributed by atoms with van der Waals surface area (Å²) in [6, 6.07) is 7.29. The molecule has 1 aromatic rings. The first kappa shape index (κ1) is 13.6. The third-order valence-corrected chi connectivity index (χ3v) is 6.88. The lowest BCUT2D eigenvalue weighted by molar-refractivity contribution is -0.149. The Kier molecular flexibility index (Phi) is 2.60. The predicted molar refractivity (Wildman–Crippen MR) is 82.3 cm³/mol. The van der Waals surface area contributed by atoms with E-state index < -0.39 is 5.60 Å². The van der Waals surface area contributed by atoms with Gasteiger partial charge in [-0.1, -0.05) is 31.5 Å². The quantitative estimate of drug-likeness (QED) is 0.900. The van der Waals surface area contributed by atoms with Gasteiger partial charge in [0.2, 0.25) is 0 Å². The fraction of sp³-hybridized carbons (Fsp3) is 0.588. The monoisotopic (exact) mass is 305 g/mol. The molecule has 3 fully saturated rings. The molecule has 2 aliphatic carbocycles. The zero-order chi connectivity index (χ0) is 14.9. The highest BCUT2D eigenvalue weighted by molar-refractivity contribution is 6.30. The van der Waals surface area contributed by atoms with Gasteiger partial charge in [0.1, 0.15) is 0 Å². The third kappa shape index (κ3) is 1.46. The molecule has 0 radical (unpaired) electrons. The number of benzene rings is 1. The van der Waals surface area contributed by atoms with Crippen molar-refractivity contribution in [2.45, 2.75) is 38.7 Å². The number of nitrogens with one attached hydrogen (secondary N) is 1. The molecule has 4 heteroatoms. The molecule has 1 N–H and O–H groups in total. The molecule has 1 heterocycles. The predicted octanol–water partition coefficient (Wildman–Crippen LogP) is 3.87. The molecule has 1 saturated heterocycles. The highest BCUT2D eigenvalue weighted by Gasteiger charge is 2.78. The van der Waals surface area contributed by atoms with Gasteiger partial charge in [0.25, 0.3) is 5.91 Å². The van der Waals surface area contributed by atoms with Crippen LogP contribution < -0.4 is 5.32 Å². The summed E-state index contributed by atoms with van der Waals surface area (Å²) < 4.78 is 6.10. The van der Waals surface area contributed by atoms with Crippen molar-refractivity contribution in [3.63, 3.8) is 0 Å². The van der Waals surface area contributed by atoms with E-state index in [1.165, 1.54) is 6.42 Å². The van der Waals surface area contributed by atoms with Crippen LogP contribution in [0.5, 0.6) is 0 Å². The van der Waals surface area contributed by atoms with Gasteiger partial charge in [0.15, 0.2) is 5.60 Å². The number of carbonyl (C=O) groups excluding carboxylic acids is 1. The van der Waals surface area contributed by atoms with Gasteiger partial charge in [-0.3, -0.25) is 4.79 Å². The van der Waals surface area contributed by atoms with Crippen LogP contribution >= 0.6 is 11.6 Å². The van der Waals surface area contributed by atoms with Crippen molar-refractivity contribution in [1.29, 1.82) is 0 Å². The Morgan fingerprint density at radius 3 is 2.90 bits per heavy atom. The van der Waals surface area contributed by atoms with Crippen molar-refractivity contribution in [2.24, 2.45) is 16.7 Å². The van der Waals surface area contributed by atoms with Crippen LogP contribution in [0.25, 0.3) is 0 Å². The fourth-order valence-corrected chi connectivity index (χ4v) is 5.25. The number of amides is 1. The summed E-state index contributed by atoms with van der Waals surface area (Å²) in [5, 5.41) is 3.65. The van der Waals surface area contributed by atoms with E-state index in [-0.39, 0.29) is 16.7 Å². The van der Waals surface area contributed by atoms with Gasteiger partial charge in [-0.05, 0) is 43.4 Å². The van der Waals surface area contributed by atoms with E-state index in [1.54, 1.807) is 12.1 Å². The fourth-order valence-electron chi connectivity index (χ4n) is 5.06. The van der Waals surface area contributed by atoms with Gasteiger partial charge in [-0.2, -0.15) is 0 Å². The van der Waals surface area contributed by atoms with Crippen molar-refractivity contribution in [3.8, 4) is 0 Å². The molecule has 0 unspecified atom stereocenters. The van der Waals surface area contributed by atoms with Gasteiger partial charge >= 0.3 is 0 Å². The van der Waals surface area contributed by atoms with Gasteiger partial charge in [-0.15, -0.1) is 0 Å². The van der Waals surface area contributed by atoms with Crippen LogP contribution in [0.1, 0.15) is 33.1 Å². The second kappa shape index (κ2) is 4.02. The zero-order valence-electron chi connectivity index (χ0n) is 12.4. The Labute approximate surface area is 130 Å². The van der Waals surface area contributed by atoms with Crippen LogP contribution in [0.4, 0.5) is 5.69 Å². The Hall–Kier alpha value is -1.06. The molecule has 1 aliphatic heterocycles. The SMILES string of the molecule is C[C@]12CC[C@H]3C[C@@]1(C(=O)Nc1cccc(Cl)c1)OC[C@@]32C. The first-order chi connectivity index (χ1) is 9.91. The number of rotatable bonds is 2. The van der Waals surface area contributed by atoms with Crippen molar-refractivity contribution < 1.29 is 9.53 Å². The molecule has 1 amide bonds. The van der Waals surface area contributed by atoms with E-state index in [2.05, 4.69) is 19.2 Å². The Morgan fingerprint density at radius 1 is 1.43 bits per heavy atom. The molecule has 4 rings (SSSR count). The molecule has 1 aromatic carbocycles. The van der Waals surface area contributed by atoms with Crippen molar-refractivity contribution in [2.75, 3.05) is 11.9 Å². The summed E-state index contributed by atoms with van der Waals surface area (Å²) in [6.07, 6.45) is 3.16. The number of hydrogen-bond donors (Lipinski definition) is 1. The summed E-state index contributed by atoms with van der Waals surface area (Å²) in [7, 11) is 0. The number of hydrogen-bond acceptors (Lipinski definition) is 2. The first-order valence-corrected chi connectivity index (χ1v) is 8.00. The zero-order valence-corrected chi connectivity index (χ0v) is 13.2. The highest BCUT2D eigenvalue weighted by atomic mass is 35.5. The number of ether oxygens (including phenoxy) is 1. The summed E-state index contributed by atoms with van der Waals surface area (Å²) in [6.45, 7) is 5.24. The maximum atomic E-state index is 13.0. The van der Waals surface area contributed by atoms with Crippen molar-refractivity contribution in [3.05, 3.63) is 29.3 Å². The molecule has 2 saturated carbocycles. The number of halogens is 1. The minimum Gasteiger partial charge on any atom is -0.364 e. The number of carbonyl (C=O) groups is 1. The molecule has 0 spiro atoms. The minimum atomic E-state index is -0.660. The van der Waals surface area contributed by atoms with E-state index in [9.17, 15) is 4.79 Å². The average molecular weight is 306 g/mol. The molecule has 112 valence electrons. The topological polar surface area (TPSA) is 38.3 Å². The second-order valence-corrected chi connectivity index (χ2v) is 7.71. The number of anilines is 1. The van der Waals surface area contributed by atoms with E-state index in [1.807, 2.05) is 12.1 Å². The van der Waals surface area contributed by atoms with Crippen molar-refractivity contribution >= 4 is 23.2 Å². The highest BCUT2D eigenvalue weighted by Crippen LogP contribution is 2.75. The summed E-state index contributed by atoms with van der Waals surface area (Å²) in [5.74, 6) is 0.611. The van der Waals surface area contributed by atoms with Crippen molar-refractivity contribution in [1.82, 2.24) is 0 Å². The second-order valence-electron chi connectivity index (χ2n) is 7.27.